The van der Waals surface area contributed by atoms with Crippen LogP contribution in [-0.4, -0.2) is 10.1 Å². The SMILES string of the molecule is Cc1c(Br)cnc(O)c1N=O. The monoisotopic (exact) mass is 216 g/mol. The molecule has 0 atom stereocenters. The number of hydrogen-bond donors (Lipinski definition) is 1. The van der Waals surface area contributed by atoms with Crippen molar-refractivity contribution in [3.8, 4) is 5.88 Å². The highest BCUT2D eigenvalue weighted by Gasteiger charge is 2.08. The van der Waals surface area contributed by atoms with E-state index in [0.29, 0.717) is 10.0 Å². The third-order valence-electron chi connectivity index (χ3n) is 1.32. The number of nitrogens with zero attached hydrogens (tertiary/aromatic N) is 2. The third kappa shape index (κ3) is 1.37. The molecule has 0 aromatic carbocycles. The number of aromatic nitrogens is 1. The summed E-state index contributed by atoms with van der Waals surface area (Å²) in [5, 5.41) is 11.6. The molecule has 0 amide bonds. The van der Waals surface area contributed by atoms with Gasteiger partial charge < -0.3 is 5.11 Å². The van der Waals surface area contributed by atoms with Crippen molar-refractivity contribution in [2.24, 2.45) is 5.18 Å². The summed E-state index contributed by atoms with van der Waals surface area (Å²) in [5.41, 5.74) is 0.576. The Morgan fingerprint density at radius 1 is 1.73 bits per heavy atom. The Morgan fingerprint density at radius 3 is 2.82 bits per heavy atom. The van der Waals surface area contributed by atoms with Crippen LogP contribution in [0.15, 0.2) is 15.8 Å². The van der Waals surface area contributed by atoms with Gasteiger partial charge in [-0.25, -0.2) is 4.98 Å². The Hall–Kier alpha value is -0.970. The van der Waals surface area contributed by atoms with Crippen molar-refractivity contribution < 1.29 is 5.11 Å². The topological polar surface area (TPSA) is 62.6 Å². The van der Waals surface area contributed by atoms with Gasteiger partial charge in [0.2, 0.25) is 5.88 Å². The van der Waals surface area contributed by atoms with Crippen molar-refractivity contribution in [3.05, 3.63) is 21.1 Å². The molecule has 0 aliphatic carbocycles. The van der Waals surface area contributed by atoms with Crippen LogP contribution >= 0.6 is 15.9 Å². The van der Waals surface area contributed by atoms with Crippen molar-refractivity contribution in [3.63, 3.8) is 0 Å². The van der Waals surface area contributed by atoms with Gasteiger partial charge in [0, 0.05) is 10.7 Å². The molecule has 0 spiro atoms. The lowest BCUT2D eigenvalue weighted by molar-refractivity contribution is 0.454. The van der Waals surface area contributed by atoms with Gasteiger partial charge in [0.15, 0.2) is 5.69 Å². The number of aromatic hydroxyl groups is 1. The molecule has 1 aromatic rings. The summed E-state index contributed by atoms with van der Waals surface area (Å²) in [6.07, 6.45) is 1.42. The third-order valence-corrected chi connectivity index (χ3v) is 2.12. The Balaban J connectivity index is 3.40. The summed E-state index contributed by atoms with van der Waals surface area (Å²) >= 11 is 3.15. The maximum atomic E-state index is 10.1. The average Bonchev–Trinajstić information content (AvgIpc) is 1.99. The van der Waals surface area contributed by atoms with Crippen molar-refractivity contribution >= 4 is 21.6 Å². The molecule has 11 heavy (non-hydrogen) atoms. The molecule has 0 radical (unpaired) electrons. The summed E-state index contributed by atoms with van der Waals surface area (Å²) in [6, 6.07) is 0. The summed E-state index contributed by atoms with van der Waals surface area (Å²) < 4.78 is 0.657. The summed E-state index contributed by atoms with van der Waals surface area (Å²) in [4.78, 5) is 13.7. The molecule has 1 N–H and O–H groups in total. The highest BCUT2D eigenvalue weighted by Crippen LogP contribution is 2.31. The van der Waals surface area contributed by atoms with Crippen LogP contribution in [-0.2, 0) is 0 Å². The Kier molecular flexibility index (Phi) is 2.19. The van der Waals surface area contributed by atoms with Crippen LogP contribution in [0.5, 0.6) is 5.88 Å². The molecule has 1 aromatic heterocycles. The van der Waals surface area contributed by atoms with E-state index in [1.54, 1.807) is 6.92 Å². The molecule has 4 nitrogen and oxygen atoms in total. The van der Waals surface area contributed by atoms with Gasteiger partial charge in [-0.1, -0.05) is 0 Å². The zero-order valence-corrected chi connectivity index (χ0v) is 7.29. The first-order chi connectivity index (χ1) is 5.16. The lowest BCUT2D eigenvalue weighted by atomic mass is 10.2. The van der Waals surface area contributed by atoms with Gasteiger partial charge >= 0.3 is 0 Å². The Morgan fingerprint density at radius 2 is 2.36 bits per heavy atom. The van der Waals surface area contributed by atoms with Crippen molar-refractivity contribution in [2.75, 3.05) is 0 Å². The van der Waals surface area contributed by atoms with E-state index >= 15 is 0 Å². The first-order valence-corrected chi connectivity index (χ1v) is 3.63. The van der Waals surface area contributed by atoms with Gasteiger partial charge in [-0.05, 0) is 33.6 Å². The molecule has 0 saturated heterocycles. The van der Waals surface area contributed by atoms with Crippen LogP contribution in [0.4, 0.5) is 5.69 Å². The van der Waals surface area contributed by atoms with Gasteiger partial charge in [0.25, 0.3) is 0 Å². The van der Waals surface area contributed by atoms with Crippen LogP contribution in [0.25, 0.3) is 0 Å². The molecular weight excluding hydrogens is 212 g/mol. The van der Waals surface area contributed by atoms with Crippen molar-refractivity contribution in [1.29, 1.82) is 0 Å². The summed E-state index contributed by atoms with van der Waals surface area (Å²) in [6.45, 7) is 1.67. The van der Waals surface area contributed by atoms with E-state index in [9.17, 15) is 4.91 Å². The second-order valence-corrected chi connectivity index (χ2v) is 2.85. The van der Waals surface area contributed by atoms with Gasteiger partial charge in [0.05, 0.1) is 0 Å². The number of pyridine rings is 1. The first-order valence-electron chi connectivity index (χ1n) is 2.84. The molecule has 0 aliphatic heterocycles. The number of rotatable bonds is 1. The number of hydrogen-bond acceptors (Lipinski definition) is 4. The maximum Gasteiger partial charge on any atom is 0.241 e. The minimum absolute atomic E-state index is 0.0145. The minimum atomic E-state index is -0.333. The summed E-state index contributed by atoms with van der Waals surface area (Å²) in [5.74, 6) is -0.333. The fraction of sp³-hybridized carbons (Fsp3) is 0.167. The Bertz CT molecular complexity index is 301. The first kappa shape index (κ1) is 8.13. The van der Waals surface area contributed by atoms with Gasteiger partial charge in [0.1, 0.15) is 0 Å². The van der Waals surface area contributed by atoms with Gasteiger partial charge in [-0.2, -0.15) is 0 Å². The fourth-order valence-corrected chi connectivity index (χ4v) is 0.956. The van der Waals surface area contributed by atoms with Crippen LogP contribution in [0.1, 0.15) is 5.56 Å². The quantitative estimate of drug-likeness (QED) is 0.733. The molecule has 0 saturated carbocycles. The van der Waals surface area contributed by atoms with E-state index in [-0.39, 0.29) is 11.6 Å². The fourth-order valence-electron chi connectivity index (χ4n) is 0.666. The largest absolute Gasteiger partial charge is 0.492 e. The minimum Gasteiger partial charge on any atom is -0.492 e. The number of nitroso groups, excluding NO2 is 1. The molecule has 0 unspecified atom stereocenters. The second kappa shape index (κ2) is 2.96. The Labute approximate surface area is 71.4 Å². The predicted octanol–water partition coefficient (Wildman–Crippen LogP) is 2.26. The lowest BCUT2D eigenvalue weighted by Crippen LogP contribution is -1.81. The zero-order valence-electron chi connectivity index (χ0n) is 5.71. The van der Waals surface area contributed by atoms with Gasteiger partial charge in [-0.15, -0.1) is 4.91 Å². The molecule has 1 heterocycles. The van der Waals surface area contributed by atoms with E-state index in [0.717, 1.165) is 0 Å². The smallest absolute Gasteiger partial charge is 0.241 e. The van der Waals surface area contributed by atoms with Gasteiger partial charge in [-0.3, -0.25) is 0 Å². The van der Waals surface area contributed by atoms with E-state index < -0.39 is 0 Å². The van der Waals surface area contributed by atoms with Crippen LogP contribution < -0.4 is 0 Å². The van der Waals surface area contributed by atoms with E-state index in [1.807, 2.05) is 0 Å². The van der Waals surface area contributed by atoms with E-state index in [1.165, 1.54) is 6.20 Å². The van der Waals surface area contributed by atoms with E-state index in [4.69, 9.17) is 5.11 Å². The molecule has 0 fully saturated rings. The highest BCUT2D eigenvalue weighted by atomic mass is 79.9. The standard InChI is InChI=1S/C6H5BrN2O2/c1-3-4(7)2-8-6(10)5(3)9-11/h2H,1H3,(H,8,10). The molecule has 1 rings (SSSR count). The van der Waals surface area contributed by atoms with E-state index in [2.05, 4.69) is 26.1 Å². The van der Waals surface area contributed by atoms with Crippen LogP contribution in [0.2, 0.25) is 0 Å². The second-order valence-electron chi connectivity index (χ2n) is 1.99. The molecule has 5 heteroatoms. The van der Waals surface area contributed by atoms with Crippen molar-refractivity contribution in [1.82, 2.24) is 4.98 Å². The molecule has 0 aliphatic rings. The predicted molar refractivity (Wildman–Crippen MR) is 43.8 cm³/mol. The van der Waals surface area contributed by atoms with Crippen LogP contribution in [0, 0.1) is 11.8 Å². The molecule has 58 valence electrons. The zero-order chi connectivity index (χ0) is 8.43. The molecular formula is C6H5BrN2O2. The molecule has 0 bridgehead atoms. The van der Waals surface area contributed by atoms with Crippen molar-refractivity contribution in [2.45, 2.75) is 6.92 Å². The summed E-state index contributed by atoms with van der Waals surface area (Å²) in [7, 11) is 0. The number of halogens is 1. The lowest BCUT2D eigenvalue weighted by Gasteiger charge is -1.99. The van der Waals surface area contributed by atoms with Crippen LogP contribution in [0.3, 0.4) is 0 Å². The normalized spacial score (nSPS) is 9.64. The maximum absolute atomic E-state index is 10.1. The highest BCUT2D eigenvalue weighted by molar-refractivity contribution is 9.10. The average molecular weight is 217 g/mol.